The average Bonchev–Trinajstić information content (AvgIpc) is 3.11. The van der Waals surface area contributed by atoms with Gasteiger partial charge in [-0.2, -0.15) is 0 Å². The third-order valence-electron chi connectivity index (χ3n) is 3.07. The summed E-state index contributed by atoms with van der Waals surface area (Å²) in [5, 5.41) is 9.14. The number of thioether (sulfide) groups is 1. The van der Waals surface area contributed by atoms with Crippen molar-refractivity contribution < 1.29 is 0 Å². The molecule has 94 valence electrons. The minimum Gasteiger partial charge on any atom is -0.262 e. The molecule has 3 nitrogen and oxygen atoms in total. The third-order valence-corrected chi connectivity index (χ3v) is 4.42. The van der Waals surface area contributed by atoms with E-state index in [1.54, 1.807) is 11.8 Å². The first-order chi connectivity index (χ1) is 8.74. The molecule has 0 aliphatic heterocycles. The Kier molecular flexibility index (Phi) is 3.31. The molecule has 1 aliphatic rings. The number of hydrogen-bond acceptors (Lipinski definition) is 3. The van der Waals surface area contributed by atoms with Crippen LogP contribution in [0, 0.1) is 0 Å². The molecule has 0 bridgehead atoms. The number of halogens is 1. The molecule has 0 amide bonds. The minimum absolute atomic E-state index is 0.251. The van der Waals surface area contributed by atoms with Gasteiger partial charge in [-0.1, -0.05) is 41.6 Å². The Hall–Kier alpha value is -1.00. The van der Waals surface area contributed by atoms with Crippen LogP contribution >= 0.6 is 23.4 Å². The lowest BCUT2D eigenvalue weighted by atomic mass is 10.2. The van der Waals surface area contributed by atoms with Gasteiger partial charge in [0.1, 0.15) is 5.82 Å². The Balaban J connectivity index is 1.73. The molecule has 1 unspecified atom stereocenters. The molecule has 1 saturated carbocycles. The van der Waals surface area contributed by atoms with E-state index >= 15 is 0 Å². The summed E-state index contributed by atoms with van der Waals surface area (Å²) < 4.78 is 0. The smallest absolute Gasteiger partial charge is 0.209 e. The Morgan fingerprint density at radius 1 is 1.39 bits per heavy atom. The summed E-state index contributed by atoms with van der Waals surface area (Å²) in [6.45, 7) is 2.12. The minimum atomic E-state index is 0.251. The van der Waals surface area contributed by atoms with Crippen molar-refractivity contribution in [2.75, 3.05) is 0 Å². The van der Waals surface area contributed by atoms with Crippen LogP contribution in [0.25, 0.3) is 0 Å². The Bertz CT molecular complexity index is 551. The van der Waals surface area contributed by atoms with Crippen LogP contribution in [0.4, 0.5) is 0 Å². The van der Waals surface area contributed by atoms with Crippen molar-refractivity contribution in [1.82, 2.24) is 15.2 Å². The van der Waals surface area contributed by atoms with Crippen LogP contribution in [0.5, 0.6) is 0 Å². The lowest BCUT2D eigenvalue weighted by Gasteiger charge is -2.10. The molecule has 1 fully saturated rings. The molecule has 1 atom stereocenters. The van der Waals surface area contributed by atoms with Gasteiger partial charge in [-0.15, -0.1) is 5.10 Å². The van der Waals surface area contributed by atoms with Crippen molar-refractivity contribution in [1.29, 1.82) is 0 Å². The maximum Gasteiger partial charge on any atom is 0.209 e. The highest BCUT2D eigenvalue weighted by Crippen LogP contribution is 2.40. The second-order valence-electron chi connectivity index (χ2n) is 4.56. The molecule has 0 saturated heterocycles. The quantitative estimate of drug-likeness (QED) is 0.853. The Morgan fingerprint density at radius 2 is 2.17 bits per heavy atom. The first-order valence-corrected chi connectivity index (χ1v) is 7.33. The molecule has 18 heavy (non-hydrogen) atoms. The summed E-state index contributed by atoms with van der Waals surface area (Å²) in [7, 11) is 0. The van der Waals surface area contributed by atoms with Crippen LogP contribution in [0.15, 0.2) is 29.4 Å². The lowest BCUT2D eigenvalue weighted by molar-refractivity contribution is 0.931. The van der Waals surface area contributed by atoms with Gasteiger partial charge in [-0.25, -0.2) is 4.98 Å². The van der Waals surface area contributed by atoms with Gasteiger partial charge in [-0.3, -0.25) is 5.10 Å². The fourth-order valence-corrected chi connectivity index (χ4v) is 3.14. The van der Waals surface area contributed by atoms with Gasteiger partial charge in [0, 0.05) is 16.2 Å². The summed E-state index contributed by atoms with van der Waals surface area (Å²) >= 11 is 7.83. The highest BCUT2D eigenvalue weighted by molar-refractivity contribution is 7.99. The number of nitrogens with zero attached hydrogens (tertiary/aromatic N) is 2. The van der Waals surface area contributed by atoms with E-state index in [0.29, 0.717) is 5.92 Å². The molecule has 1 heterocycles. The van der Waals surface area contributed by atoms with E-state index in [4.69, 9.17) is 11.6 Å². The summed E-state index contributed by atoms with van der Waals surface area (Å²) in [6, 6.07) is 7.92. The summed E-state index contributed by atoms with van der Waals surface area (Å²) in [5.41, 5.74) is 1.13. The fraction of sp³-hybridized carbons (Fsp3) is 0.385. The molecule has 0 spiro atoms. The molecule has 0 radical (unpaired) electrons. The first kappa shape index (κ1) is 12.1. The number of benzene rings is 1. The number of hydrogen-bond donors (Lipinski definition) is 1. The molecule has 1 aromatic heterocycles. The normalized spacial score (nSPS) is 16.8. The van der Waals surface area contributed by atoms with Crippen LogP contribution in [0.2, 0.25) is 5.02 Å². The van der Waals surface area contributed by atoms with Gasteiger partial charge in [0.05, 0.1) is 0 Å². The van der Waals surface area contributed by atoms with Gasteiger partial charge in [-0.05, 0) is 31.4 Å². The molecule has 5 heteroatoms. The van der Waals surface area contributed by atoms with E-state index in [2.05, 4.69) is 28.2 Å². The second-order valence-corrected chi connectivity index (χ2v) is 6.27. The highest BCUT2D eigenvalue weighted by Gasteiger charge is 2.27. The Labute approximate surface area is 115 Å². The van der Waals surface area contributed by atoms with Crippen LogP contribution < -0.4 is 0 Å². The van der Waals surface area contributed by atoms with Crippen molar-refractivity contribution in [3.63, 3.8) is 0 Å². The predicted molar refractivity (Wildman–Crippen MR) is 74.1 cm³/mol. The van der Waals surface area contributed by atoms with Crippen molar-refractivity contribution >= 4 is 23.4 Å². The zero-order chi connectivity index (χ0) is 12.5. The lowest BCUT2D eigenvalue weighted by Crippen LogP contribution is -1.90. The zero-order valence-corrected chi connectivity index (χ0v) is 11.6. The van der Waals surface area contributed by atoms with Crippen molar-refractivity contribution in [2.45, 2.75) is 36.1 Å². The molecular formula is C13H14ClN3S. The topological polar surface area (TPSA) is 41.6 Å². The highest BCUT2D eigenvalue weighted by atomic mass is 35.5. The molecule has 1 aromatic carbocycles. The van der Waals surface area contributed by atoms with Crippen LogP contribution in [-0.4, -0.2) is 15.2 Å². The van der Waals surface area contributed by atoms with E-state index in [-0.39, 0.29) is 5.25 Å². The van der Waals surface area contributed by atoms with Crippen molar-refractivity contribution in [3.8, 4) is 0 Å². The predicted octanol–water partition coefficient (Wildman–Crippen LogP) is 4.19. The SMILES string of the molecule is CC(Sc1n[nH]c(C2CC2)n1)c1ccccc1Cl. The molecule has 1 aliphatic carbocycles. The largest absolute Gasteiger partial charge is 0.262 e. The number of H-pyrrole nitrogens is 1. The summed E-state index contributed by atoms with van der Waals surface area (Å²) in [6.07, 6.45) is 2.47. The maximum atomic E-state index is 6.19. The molecule has 3 rings (SSSR count). The van der Waals surface area contributed by atoms with E-state index in [0.717, 1.165) is 21.6 Å². The van der Waals surface area contributed by atoms with Crippen molar-refractivity contribution in [2.24, 2.45) is 0 Å². The van der Waals surface area contributed by atoms with Gasteiger partial charge in [0.2, 0.25) is 5.16 Å². The second kappa shape index (κ2) is 4.94. The van der Waals surface area contributed by atoms with E-state index in [1.165, 1.54) is 12.8 Å². The van der Waals surface area contributed by atoms with Crippen molar-refractivity contribution in [3.05, 3.63) is 40.7 Å². The number of rotatable bonds is 4. The monoisotopic (exact) mass is 279 g/mol. The fourth-order valence-electron chi connectivity index (χ4n) is 1.88. The molecule has 2 aromatic rings. The van der Waals surface area contributed by atoms with E-state index in [9.17, 15) is 0 Å². The first-order valence-electron chi connectivity index (χ1n) is 6.07. The van der Waals surface area contributed by atoms with E-state index < -0.39 is 0 Å². The average molecular weight is 280 g/mol. The zero-order valence-electron chi connectivity index (χ0n) is 10.1. The summed E-state index contributed by atoms with van der Waals surface area (Å²) in [4.78, 5) is 4.52. The third kappa shape index (κ3) is 2.54. The van der Waals surface area contributed by atoms with Gasteiger partial charge >= 0.3 is 0 Å². The van der Waals surface area contributed by atoms with Gasteiger partial charge in [0.25, 0.3) is 0 Å². The maximum absolute atomic E-state index is 6.19. The van der Waals surface area contributed by atoms with Gasteiger partial charge in [0.15, 0.2) is 0 Å². The molecular weight excluding hydrogens is 266 g/mol. The van der Waals surface area contributed by atoms with Crippen LogP contribution in [0.3, 0.4) is 0 Å². The molecule has 1 N–H and O–H groups in total. The number of nitrogens with one attached hydrogen (secondary N) is 1. The van der Waals surface area contributed by atoms with Crippen LogP contribution in [0.1, 0.15) is 42.3 Å². The standard InChI is InChI=1S/C13H14ClN3S/c1-8(10-4-2-3-5-11(10)14)18-13-15-12(16-17-13)9-6-7-9/h2-5,8-9H,6-7H2,1H3,(H,15,16,17). The van der Waals surface area contributed by atoms with Crippen LogP contribution in [-0.2, 0) is 0 Å². The van der Waals surface area contributed by atoms with Gasteiger partial charge < -0.3 is 0 Å². The Morgan fingerprint density at radius 3 is 2.89 bits per heavy atom. The summed E-state index contributed by atoms with van der Waals surface area (Å²) in [5.74, 6) is 1.64. The number of aromatic amines is 1. The van der Waals surface area contributed by atoms with E-state index in [1.807, 2.05) is 18.2 Å². The number of aromatic nitrogens is 3.